The lowest BCUT2D eigenvalue weighted by Crippen LogP contribution is -2.32. The molecule has 2 aromatic rings. The highest BCUT2D eigenvalue weighted by atomic mass is 16.3. The number of aromatic nitrogens is 2. The molecule has 0 saturated heterocycles. The molecule has 0 spiro atoms. The number of nitrogens with zero attached hydrogens (tertiary/aromatic N) is 2. The fourth-order valence-corrected chi connectivity index (χ4v) is 3.18. The highest BCUT2D eigenvalue weighted by Crippen LogP contribution is 2.40. The zero-order valence-electron chi connectivity index (χ0n) is 12.2. The van der Waals surface area contributed by atoms with Crippen LogP contribution in [0.1, 0.15) is 37.0 Å². The summed E-state index contributed by atoms with van der Waals surface area (Å²) in [4.78, 5) is 11.7. The molecular formula is C15H20N4O2. The highest BCUT2D eigenvalue weighted by molar-refractivity contribution is 6.01. The molecule has 0 bridgehead atoms. The highest BCUT2D eigenvalue weighted by Gasteiger charge is 2.40. The predicted octanol–water partition coefficient (Wildman–Crippen LogP) is 1.39. The molecule has 0 radical (unpaired) electrons. The van der Waals surface area contributed by atoms with E-state index in [1.165, 1.54) is 6.20 Å². The zero-order chi connectivity index (χ0) is 15.2. The van der Waals surface area contributed by atoms with Crippen molar-refractivity contribution in [1.29, 1.82) is 0 Å². The van der Waals surface area contributed by atoms with Crippen molar-refractivity contribution in [2.24, 2.45) is 11.1 Å². The number of primary amides is 1. The lowest BCUT2D eigenvalue weighted by atomic mass is 9.87. The molecule has 6 nitrogen and oxygen atoms in total. The summed E-state index contributed by atoms with van der Waals surface area (Å²) >= 11 is 0. The summed E-state index contributed by atoms with van der Waals surface area (Å²) in [7, 11) is 0. The van der Waals surface area contributed by atoms with E-state index in [1.54, 1.807) is 4.52 Å². The van der Waals surface area contributed by atoms with Gasteiger partial charge in [0.2, 0.25) is 0 Å². The van der Waals surface area contributed by atoms with Crippen LogP contribution in [-0.4, -0.2) is 32.8 Å². The third kappa shape index (κ3) is 2.35. The van der Waals surface area contributed by atoms with Crippen molar-refractivity contribution in [1.82, 2.24) is 9.61 Å². The number of rotatable bonds is 3. The second-order valence-electron chi connectivity index (χ2n) is 6.41. The molecule has 0 unspecified atom stereocenters. The van der Waals surface area contributed by atoms with Gasteiger partial charge < -0.3 is 16.2 Å². The molecule has 2 heterocycles. The molecule has 6 heteroatoms. The first-order valence-corrected chi connectivity index (χ1v) is 7.09. The topological polar surface area (TPSA) is 92.6 Å². The first-order chi connectivity index (χ1) is 9.88. The van der Waals surface area contributed by atoms with E-state index >= 15 is 0 Å². The molecule has 21 heavy (non-hydrogen) atoms. The minimum absolute atomic E-state index is 0.0544. The molecule has 2 atom stereocenters. The number of anilines is 1. The number of nitrogens with two attached hydrogens (primary N) is 1. The lowest BCUT2D eigenvalue weighted by Gasteiger charge is -2.29. The molecule has 0 aromatic carbocycles. The molecule has 1 saturated carbocycles. The van der Waals surface area contributed by atoms with Crippen LogP contribution in [0.2, 0.25) is 0 Å². The van der Waals surface area contributed by atoms with Crippen molar-refractivity contribution in [3.63, 3.8) is 0 Å². The molecule has 3 rings (SSSR count). The Kier molecular flexibility index (Phi) is 3.13. The van der Waals surface area contributed by atoms with Crippen molar-refractivity contribution in [3.05, 3.63) is 30.1 Å². The zero-order valence-corrected chi connectivity index (χ0v) is 12.2. The lowest BCUT2D eigenvalue weighted by molar-refractivity contribution is 0.100. The predicted molar refractivity (Wildman–Crippen MR) is 80.1 cm³/mol. The fourth-order valence-electron chi connectivity index (χ4n) is 3.18. The maximum Gasteiger partial charge on any atom is 0.252 e. The number of carbonyl (C=O) groups is 1. The molecule has 1 amide bonds. The summed E-state index contributed by atoms with van der Waals surface area (Å²) in [5.74, 6) is -0.509. The molecule has 1 aliphatic carbocycles. The van der Waals surface area contributed by atoms with Gasteiger partial charge in [-0.1, -0.05) is 13.8 Å². The Labute approximate surface area is 122 Å². The Morgan fingerprint density at radius 2 is 2.33 bits per heavy atom. The van der Waals surface area contributed by atoms with Gasteiger partial charge in [-0.3, -0.25) is 4.79 Å². The van der Waals surface area contributed by atoms with Gasteiger partial charge in [0.15, 0.2) is 0 Å². The SMILES string of the molecule is CC1(C)C[C@H](O)C[C@H]1Nc1c(C(N)=O)cnn2cccc12. The average molecular weight is 288 g/mol. The molecule has 4 N–H and O–H groups in total. The van der Waals surface area contributed by atoms with Crippen LogP contribution in [0.15, 0.2) is 24.5 Å². The molecule has 2 aromatic heterocycles. The van der Waals surface area contributed by atoms with Gasteiger partial charge >= 0.3 is 0 Å². The molecule has 1 fully saturated rings. The second-order valence-corrected chi connectivity index (χ2v) is 6.41. The summed E-state index contributed by atoms with van der Waals surface area (Å²) in [5, 5.41) is 17.5. The minimum Gasteiger partial charge on any atom is -0.393 e. The van der Waals surface area contributed by atoms with E-state index in [0.717, 1.165) is 11.9 Å². The van der Waals surface area contributed by atoms with Gasteiger partial charge in [-0.05, 0) is 30.4 Å². The smallest absolute Gasteiger partial charge is 0.252 e. The van der Waals surface area contributed by atoms with Gasteiger partial charge in [0.25, 0.3) is 5.91 Å². The van der Waals surface area contributed by atoms with Gasteiger partial charge in [0.1, 0.15) is 0 Å². The summed E-state index contributed by atoms with van der Waals surface area (Å²) in [5.41, 5.74) is 7.28. The van der Waals surface area contributed by atoms with Crippen molar-refractivity contribution < 1.29 is 9.90 Å². The van der Waals surface area contributed by atoms with Crippen LogP contribution in [0.5, 0.6) is 0 Å². The first-order valence-electron chi connectivity index (χ1n) is 7.09. The van der Waals surface area contributed by atoms with Crippen LogP contribution in [0.25, 0.3) is 5.52 Å². The number of nitrogens with one attached hydrogen (secondary N) is 1. The van der Waals surface area contributed by atoms with Crippen molar-refractivity contribution in [3.8, 4) is 0 Å². The number of aliphatic hydroxyl groups is 1. The van der Waals surface area contributed by atoms with Gasteiger partial charge in [0, 0.05) is 12.2 Å². The van der Waals surface area contributed by atoms with Gasteiger partial charge in [-0.15, -0.1) is 0 Å². The van der Waals surface area contributed by atoms with Crippen LogP contribution in [-0.2, 0) is 0 Å². The van der Waals surface area contributed by atoms with Crippen molar-refractivity contribution >= 4 is 17.1 Å². The Morgan fingerprint density at radius 3 is 2.95 bits per heavy atom. The molecular weight excluding hydrogens is 268 g/mol. The number of amides is 1. The number of aliphatic hydroxyl groups excluding tert-OH is 1. The minimum atomic E-state index is -0.509. The first kappa shape index (κ1) is 13.9. The van der Waals surface area contributed by atoms with E-state index in [9.17, 15) is 9.90 Å². The van der Waals surface area contributed by atoms with Gasteiger partial charge in [-0.2, -0.15) is 5.10 Å². The third-order valence-electron chi connectivity index (χ3n) is 4.36. The number of fused-ring (bicyclic) bond motifs is 1. The van der Waals surface area contributed by atoms with Crippen LogP contribution < -0.4 is 11.1 Å². The standard InChI is InChI=1S/C15H20N4O2/c1-15(2)7-9(20)6-12(15)18-13-10(14(16)21)8-17-19-5-3-4-11(13)19/h3-5,8-9,12,18,20H,6-7H2,1-2H3,(H2,16,21)/t9-,12-/m1/s1. The molecule has 0 aliphatic heterocycles. The van der Waals surface area contributed by atoms with Crippen molar-refractivity contribution in [2.45, 2.75) is 38.8 Å². The summed E-state index contributed by atoms with van der Waals surface area (Å²) in [6.07, 6.45) is 4.37. The van der Waals surface area contributed by atoms with Gasteiger partial charge in [-0.25, -0.2) is 4.52 Å². The van der Waals surface area contributed by atoms with Crippen LogP contribution in [0.4, 0.5) is 5.69 Å². The number of hydrogen-bond donors (Lipinski definition) is 3. The number of carbonyl (C=O) groups excluding carboxylic acids is 1. The van der Waals surface area contributed by atoms with E-state index < -0.39 is 5.91 Å². The third-order valence-corrected chi connectivity index (χ3v) is 4.36. The molecule has 112 valence electrons. The Balaban J connectivity index is 2.05. The normalized spacial score (nSPS) is 24.3. The summed E-state index contributed by atoms with van der Waals surface area (Å²) < 4.78 is 1.70. The van der Waals surface area contributed by atoms with E-state index in [1.807, 2.05) is 18.3 Å². The number of hydrogen-bond acceptors (Lipinski definition) is 4. The van der Waals surface area contributed by atoms with E-state index in [-0.39, 0.29) is 17.6 Å². The maximum absolute atomic E-state index is 11.7. The van der Waals surface area contributed by atoms with Crippen LogP contribution >= 0.6 is 0 Å². The largest absolute Gasteiger partial charge is 0.393 e. The maximum atomic E-state index is 11.7. The fraction of sp³-hybridized carbons (Fsp3) is 0.467. The summed E-state index contributed by atoms with van der Waals surface area (Å²) in [6, 6.07) is 3.83. The van der Waals surface area contributed by atoms with Gasteiger partial charge in [0.05, 0.1) is 29.1 Å². The second kappa shape index (κ2) is 4.73. The summed E-state index contributed by atoms with van der Waals surface area (Å²) in [6.45, 7) is 4.22. The van der Waals surface area contributed by atoms with Crippen LogP contribution in [0.3, 0.4) is 0 Å². The van der Waals surface area contributed by atoms with E-state index in [0.29, 0.717) is 17.7 Å². The van der Waals surface area contributed by atoms with E-state index in [4.69, 9.17) is 5.73 Å². The quantitative estimate of drug-likeness (QED) is 0.796. The Bertz CT molecular complexity index is 692. The van der Waals surface area contributed by atoms with Crippen LogP contribution in [0, 0.1) is 5.41 Å². The Hall–Kier alpha value is -2.08. The Morgan fingerprint density at radius 1 is 1.57 bits per heavy atom. The average Bonchev–Trinajstić information content (AvgIpc) is 2.94. The monoisotopic (exact) mass is 288 g/mol. The molecule has 1 aliphatic rings. The van der Waals surface area contributed by atoms with E-state index in [2.05, 4.69) is 24.3 Å². The van der Waals surface area contributed by atoms with Crippen molar-refractivity contribution in [2.75, 3.05) is 5.32 Å².